The Kier molecular flexibility index (Phi) is 5.93. The maximum atomic E-state index is 12.3. The standard InChI is InChI=1S/C16H19N3O4S2/c1-10-12(16(21)17-3)6-4-7-13(10)18-15(20)11(2)19-25(22,23)14-8-5-9-24-14/h4-9,11,19H,1-3H3,(H,17,21)(H,18,20). The van der Waals surface area contributed by atoms with Crippen LogP contribution in [-0.4, -0.2) is 33.3 Å². The lowest BCUT2D eigenvalue weighted by Gasteiger charge is -2.16. The number of benzene rings is 1. The SMILES string of the molecule is CNC(=O)c1cccc(NC(=O)C(C)NS(=O)(=O)c2cccs2)c1C. The van der Waals surface area contributed by atoms with Gasteiger partial charge in [-0.05, 0) is 43.0 Å². The topological polar surface area (TPSA) is 104 Å². The highest BCUT2D eigenvalue weighted by Gasteiger charge is 2.23. The molecule has 0 saturated heterocycles. The van der Waals surface area contributed by atoms with Gasteiger partial charge in [0.1, 0.15) is 4.21 Å². The summed E-state index contributed by atoms with van der Waals surface area (Å²) in [6.45, 7) is 3.17. The zero-order chi connectivity index (χ0) is 18.6. The average Bonchev–Trinajstić information content (AvgIpc) is 3.11. The van der Waals surface area contributed by atoms with Crippen molar-refractivity contribution in [1.82, 2.24) is 10.0 Å². The molecule has 2 rings (SSSR count). The Morgan fingerprint density at radius 2 is 1.88 bits per heavy atom. The molecule has 0 bridgehead atoms. The zero-order valence-corrected chi connectivity index (χ0v) is 15.6. The maximum absolute atomic E-state index is 12.3. The van der Waals surface area contributed by atoms with E-state index in [-0.39, 0.29) is 10.1 Å². The van der Waals surface area contributed by atoms with E-state index in [1.807, 2.05) is 0 Å². The van der Waals surface area contributed by atoms with Crippen molar-refractivity contribution in [3.63, 3.8) is 0 Å². The summed E-state index contributed by atoms with van der Waals surface area (Å²) in [5.74, 6) is -0.780. The maximum Gasteiger partial charge on any atom is 0.251 e. The van der Waals surface area contributed by atoms with E-state index in [0.717, 1.165) is 11.3 Å². The minimum Gasteiger partial charge on any atom is -0.355 e. The Morgan fingerprint density at radius 1 is 1.16 bits per heavy atom. The second-order valence-corrected chi connectivity index (χ2v) is 8.21. The predicted octanol–water partition coefficient (Wildman–Crippen LogP) is 1.72. The molecule has 1 atom stereocenters. The van der Waals surface area contributed by atoms with Crippen molar-refractivity contribution < 1.29 is 18.0 Å². The summed E-state index contributed by atoms with van der Waals surface area (Å²) in [4.78, 5) is 24.1. The summed E-state index contributed by atoms with van der Waals surface area (Å²) < 4.78 is 26.8. The van der Waals surface area contributed by atoms with Crippen molar-refractivity contribution in [1.29, 1.82) is 0 Å². The molecule has 9 heteroatoms. The summed E-state index contributed by atoms with van der Waals surface area (Å²) in [6.07, 6.45) is 0. The van der Waals surface area contributed by atoms with Crippen LogP contribution in [0.5, 0.6) is 0 Å². The van der Waals surface area contributed by atoms with Gasteiger partial charge in [-0.25, -0.2) is 8.42 Å². The molecule has 1 aromatic heterocycles. The lowest BCUT2D eigenvalue weighted by atomic mass is 10.1. The normalized spacial score (nSPS) is 12.4. The molecule has 2 aromatic rings. The van der Waals surface area contributed by atoms with Gasteiger partial charge in [0, 0.05) is 18.3 Å². The second-order valence-electron chi connectivity index (χ2n) is 5.32. The van der Waals surface area contributed by atoms with Crippen LogP contribution in [-0.2, 0) is 14.8 Å². The average molecular weight is 381 g/mol. The van der Waals surface area contributed by atoms with E-state index in [1.54, 1.807) is 36.6 Å². The Morgan fingerprint density at radius 3 is 2.48 bits per heavy atom. The number of amides is 2. The molecule has 0 aliphatic heterocycles. The number of hydrogen-bond donors (Lipinski definition) is 3. The molecular weight excluding hydrogens is 362 g/mol. The molecule has 1 heterocycles. The summed E-state index contributed by atoms with van der Waals surface area (Å²) in [7, 11) is -2.22. The minimum absolute atomic E-state index is 0.143. The lowest BCUT2D eigenvalue weighted by Crippen LogP contribution is -2.41. The fourth-order valence-corrected chi connectivity index (χ4v) is 4.37. The molecule has 25 heavy (non-hydrogen) atoms. The third-order valence-corrected chi connectivity index (χ3v) is 6.49. The Labute approximate surface area is 150 Å². The summed E-state index contributed by atoms with van der Waals surface area (Å²) >= 11 is 1.07. The quantitative estimate of drug-likeness (QED) is 0.709. The number of nitrogens with one attached hydrogen (secondary N) is 3. The smallest absolute Gasteiger partial charge is 0.251 e. The molecular formula is C16H19N3O4S2. The van der Waals surface area contributed by atoms with E-state index in [9.17, 15) is 18.0 Å². The first-order chi connectivity index (χ1) is 11.8. The molecule has 0 spiro atoms. The van der Waals surface area contributed by atoms with Crippen molar-refractivity contribution in [2.75, 3.05) is 12.4 Å². The zero-order valence-electron chi connectivity index (χ0n) is 14.0. The van der Waals surface area contributed by atoms with Gasteiger partial charge in [0.15, 0.2) is 0 Å². The largest absolute Gasteiger partial charge is 0.355 e. The first-order valence-corrected chi connectivity index (χ1v) is 9.81. The molecule has 7 nitrogen and oxygen atoms in total. The summed E-state index contributed by atoms with van der Waals surface area (Å²) in [5.41, 5.74) is 1.49. The first kappa shape index (κ1) is 19.1. The van der Waals surface area contributed by atoms with Crippen LogP contribution >= 0.6 is 11.3 Å². The number of hydrogen-bond acceptors (Lipinski definition) is 5. The number of carbonyl (C=O) groups is 2. The van der Waals surface area contributed by atoms with Crippen LogP contribution in [0.2, 0.25) is 0 Å². The molecule has 0 aliphatic rings. The third kappa shape index (κ3) is 4.44. The third-order valence-electron chi connectivity index (χ3n) is 3.55. The van der Waals surface area contributed by atoms with E-state index in [1.165, 1.54) is 20.0 Å². The second kappa shape index (κ2) is 7.77. The molecule has 2 amide bonds. The van der Waals surface area contributed by atoms with Crippen molar-refractivity contribution >= 4 is 38.9 Å². The van der Waals surface area contributed by atoms with Crippen LogP contribution in [0, 0.1) is 6.92 Å². The summed E-state index contributed by atoms with van der Waals surface area (Å²) in [5, 5.41) is 6.83. The molecule has 134 valence electrons. The van der Waals surface area contributed by atoms with Crippen LogP contribution < -0.4 is 15.4 Å². The van der Waals surface area contributed by atoms with Gasteiger partial charge >= 0.3 is 0 Å². The van der Waals surface area contributed by atoms with E-state index in [0.29, 0.717) is 16.8 Å². The molecule has 0 radical (unpaired) electrons. The highest BCUT2D eigenvalue weighted by Crippen LogP contribution is 2.20. The number of anilines is 1. The number of thiophene rings is 1. The minimum atomic E-state index is -3.75. The van der Waals surface area contributed by atoms with Gasteiger partial charge in [-0.2, -0.15) is 4.72 Å². The van der Waals surface area contributed by atoms with Crippen LogP contribution in [0.1, 0.15) is 22.8 Å². The molecule has 0 aliphatic carbocycles. The van der Waals surface area contributed by atoms with E-state index in [4.69, 9.17) is 0 Å². The van der Waals surface area contributed by atoms with Crippen molar-refractivity contribution in [2.24, 2.45) is 0 Å². The van der Waals surface area contributed by atoms with Crippen molar-refractivity contribution in [3.8, 4) is 0 Å². The van der Waals surface area contributed by atoms with Crippen LogP contribution in [0.25, 0.3) is 0 Å². The van der Waals surface area contributed by atoms with E-state index >= 15 is 0 Å². The molecule has 1 unspecified atom stereocenters. The molecule has 3 N–H and O–H groups in total. The van der Waals surface area contributed by atoms with Crippen LogP contribution in [0.4, 0.5) is 5.69 Å². The van der Waals surface area contributed by atoms with Crippen molar-refractivity contribution in [2.45, 2.75) is 24.1 Å². The molecule has 0 saturated carbocycles. The Hall–Kier alpha value is -2.23. The summed E-state index contributed by atoms with van der Waals surface area (Å²) in [6, 6.07) is 7.06. The van der Waals surface area contributed by atoms with Crippen LogP contribution in [0.3, 0.4) is 0 Å². The fraction of sp³-hybridized carbons (Fsp3) is 0.250. The van der Waals surface area contributed by atoms with E-state index < -0.39 is 22.0 Å². The monoisotopic (exact) mass is 381 g/mol. The van der Waals surface area contributed by atoms with Gasteiger partial charge in [-0.15, -0.1) is 11.3 Å². The van der Waals surface area contributed by atoms with Gasteiger partial charge < -0.3 is 10.6 Å². The number of carbonyl (C=O) groups excluding carboxylic acids is 2. The molecule has 1 aromatic carbocycles. The van der Waals surface area contributed by atoms with Gasteiger partial charge in [-0.1, -0.05) is 12.1 Å². The van der Waals surface area contributed by atoms with Gasteiger partial charge in [0.25, 0.3) is 15.9 Å². The van der Waals surface area contributed by atoms with Gasteiger partial charge in [0.05, 0.1) is 6.04 Å². The fourth-order valence-electron chi connectivity index (χ4n) is 2.15. The van der Waals surface area contributed by atoms with Gasteiger partial charge in [-0.3, -0.25) is 9.59 Å². The number of sulfonamides is 1. The first-order valence-electron chi connectivity index (χ1n) is 7.44. The predicted molar refractivity (Wildman–Crippen MR) is 97.3 cm³/mol. The number of rotatable bonds is 6. The Balaban J connectivity index is 2.13. The van der Waals surface area contributed by atoms with Crippen LogP contribution in [0.15, 0.2) is 39.9 Å². The van der Waals surface area contributed by atoms with Crippen molar-refractivity contribution in [3.05, 3.63) is 46.8 Å². The highest BCUT2D eigenvalue weighted by molar-refractivity contribution is 7.91. The van der Waals surface area contributed by atoms with E-state index in [2.05, 4.69) is 15.4 Å². The molecule has 0 fully saturated rings. The van der Waals surface area contributed by atoms with Gasteiger partial charge in [0.2, 0.25) is 5.91 Å². The highest BCUT2D eigenvalue weighted by atomic mass is 32.2. The Bertz CT molecular complexity index is 877. The lowest BCUT2D eigenvalue weighted by molar-refractivity contribution is -0.117.